The largest absolute Gasteiger partial charge is 0.494 e. The normalized spacial score (nSPS) is 14.8. The molecule has 1 aliphatic heterocycles. The van der Waals surface area contributed by atoms with Gasteiger partial charge in [-0.1, -0.05) is 17.8 Å². The molecule has 0 saturated carbocycles. The van der Waals surface area contributed by atoms with Gasteiger partial charge in [0.15, 0.2) is 11.0 Å². The van der Waals surface area contributed by atoms with E-state index >= 15 is 0 Å². The van der Waals surface area contributed by atoms with Crippen molar-refractivity contribution in [2.45, 2.75) is 11.6 Å². The van der Waals surface area contributed by atoms with E-state index in [9.17, 15) is 8.78 Å². The van der Waals surface area contributed by atoms with Crippen LogP contribution in [-0.4, -0.2) is 59.2 Å². The van der Waals surface area contributed by atoms with E-state index in [0.29, 0.717) is 59.9 Å². The second-order valence-corrected chi connectivity index (χ2v) is 6.88. The van der Waals surface area contributed by atoms with E-state index in [1.54, 1.807) is 24.3 Å². The lowest BCUT2D eigenvalue weighted by atomic mass is 10.3. The highest BCUT2D eigenvalue weighted by Crippen LogP contribution is 2.33. The number of thioether (sulfide) groups is 1. The Balaban J connectivity index is 1.92. The van der Waals surface area contributed by atoms with Crippen molar-refractivity contribution >= 4 is 28.6 Å². The smallest absolute Gasteiger partial charge is 0.296 e. The minimum Gasteiger partial charge on any atom is -0.494 e. The Morgan fingerprint density at radius 1 is 1.14 bits per heavy atom. The number of para-hydroxylation sites is 1. The van der Waals surface area contributed by atoms with Crippen molar-refractivity contribution in [2.75, 3.05) is 44.6 Å². The summed E-state index contributed by atoms with van der Waals surface area (Å²) in [7, 11) is 1.49. The lowest BCUT2D eigenvalue weighted by molar-refractivity contribution is 0.122. The third-order valence-electron chi connectivity index (χ3n) is 4.51. The number of benzene rings is 1. The molecule has 0 unspecified atom stereocenters. The average Bonchev–Trinajstić information content (AvgIpc) is 3.14. The summed E-state index contributed by atoms with van der Waals surface area (Å²) in [5.41, 5.74) is 0.880. The zero-order valence-electron chi connectivity index (χ0n) is 15.4. The maximum atomic E-state index is 13.8. The van der Waals surface area contributed by atoms with E-state index in [1.165, 1.54) is 23.4 Å². The summed E-state index contributed by atoms with van der Waals surface area (Å²) in [4.78, 5) is 15.2. The number of anilines is 1. The summed E-state index contributed by atoms with van der Waals surface area (Å²) in [5.74, 6) is 1.10. The molecule has 1 saturated heterocycles. The van der Waals surface area contributed by atoms with E-state index in [1.807, 2.05) is 6.26 Å². The molecule has 0 spiro atoms. The monoisotopic (exact) mass is 407 g/mol. The van der Waals surface area contributed by atoms with Gasteiger partial charge in [0.25, 0.3) is 6.43 Å². The van der Waals surface area contributed by atoms with Crippen LogP contribution in [0.25, 0.3) is 16.9 Å². The number of morpholine rings is 1. The third-order valence-corrected chi connectivity index (χ3v) is 5.06. The maximum Gasteiger partial charge on any atom is 0.296 e. The molecule has 3 aromatic rings. The van der Waals surface area contributed by atoms with Crippen molar-refractivity contribution < 1.29 is 18.3 Å². The zero-order valence-corrected chi connectivity index (χ0v) is 16.2. The summed E-state index contributed by atoms with van der Waals surface area (Å²) in [6.45, 7) is 2.57. The number of halogens is 2. The first kappa shape index (κ1) is 18.9. The quantitative estimate of drug-likeness (QED) is 0.475. The fourth-order valence-corrected chi connectivity index (χ4v) is 3.57. The fourth-order valence-electron chi connectivity index (χ4n) is 3.20. The number of hydrogen-bond donors (Lipinski definition) is 0. The van der Waals surface area contributed by atoms with Gasteiger partial charge in [-0.25, -0.2) is 23.7 Å². The Bertz CT molecular complexity index is 992. The fraction of sp³-hybridized carbons (Fsp3) is 0.389. The summed E-state index contributed by atoms with van der Waals surface area (Å²) in [5, 5.41) is 0.504. The molecule has 148 valence electrons. The summed E-state index contributed by atoms with van der Waals surface area (Å²) in [6.07, 6.45) is -0.915. The molecule has 1 aromatic carbocycles. The Labute approximate surface area is 164 Å². The van der Waals surface area contributed by atoms with Gasteiger partial charge in [0.05, 0.1) is 25.8 Å². The number of alkyl halides is 2. The van der Waals surface area contributed by atoms with Crippen molar-refractivity contribution in [3.8, 4) is 11.6 Å². The standard InChI is InChI=1S/C18H19F2N5O2S/c1-26-12-5-3-4-11-15(12)23-17(16(19)20)25(11)14-10-13(21-18(22-14)28-2)24-6-8-27-9-7-24/h3-5,10,16H,6-9H2,1-2H3. The predicted octanol–water partition coefficient (Wildman–Crippen LogP) is 3.32. The molecule has 0 aliphatic carbocycles. The predicted molar refractivity (Wildman–Crippen MR) is 103 cm³/mol. The first-order valence-corrected chi connectivity index (χ1v) is 9.94. The number of methoxy groups -OCH3 is 1. The van der Waals surface area contributed by atoms with Crippen LogP contribution < -0.4 is 9.64 Å². The van der Waals surface area contributed by atoms with Crippen molar-refractivity contribution in [3.05, 3.63) is 30.1 Å². The minimum absolute atomic E-state index is 0.354. The van der Waals surface area contributed by atoms with Crippen molar-refractivity contribution in [2.24, 2.45) is 0 Å². The Morgan fingerprint density at radius 3 is 2.57 bits per heavy atom. The van der Waals surface area contributed by atoms with Gasteiger partial charge < -0.3 is 14.4 Å². The highest BCUT2D eigenvalue weighted by molar-refractivity contribution is 7.98. The Kier molecular flexibility index (Phi) is 5.31. The van der Waals surface area contributed by atoms with E-state index in [-0.39, 0.29) is 5.82 Å². The molecule has 10 heteroatoms. The van der Waals surface area contributed by atoms with Gasteiger partial charge in [-0.2, -0.15) is 0 Å². The number of imidazole rings is 1. The summed E-state index contributed by atoms with van der Waals surface area (Å²) < 4.78 is 39.7. The molecule has 0 bridgehead atoms. The molecule has 0 amide bonds. The first-order chi connectivity index (χ1) is 13.6. The van der Waals surface area contributed by atoms with Crippen LogP contribution in [0.3, 0.4) is 0 Å². The molecule has 0 N–H and O–H groups in total. The molecular formula is C18H19F2N5O2S. The SMILES string of the molecule is COc1cccc2c1nc(C(F)F)n2-c1cc(N2CCOCC2)nc(SC)n1. The Morgan fingerprint density at radius 2 is 1.89 bits per heavy atom. The molecule has 1 aliphatic rings. The van der Waals surface area contributed by atoms with Crippen LogP contribution in [0.2, 0.25) is 0 Å². The molecule has 28 heavy (non-hydrogen) atoms. The van der Waals surface area contributed by atoms with Gasteiger partial charge in [-0.3, -0.25) is 4.57 Å². The second-order valence-electron chi connectivity index (χ2n) is 6.10. The average molecular weight is 407 g/mol. The van der Waals surface area contributed by atoms with Gasteiger partial charge in [0.1, 0.15) is 22.9 Å². The number of aromatic nitrogens is 4. The van der Waals surface area contributed by atoms with Gasteiger partial charge in [0.2, 0.25) is 0 Å². The van der Waals surface area contributed by atoms with Crippen molar-refractivity contribution in [3.63, 3.8) is 0 Å². The van der Waals surface area contributed by atoms with E-state index < -0.39 is 6.43 Å². The van der Waals surface area contributed by atoms with Gasteiger partial charge in [0, 0.05) is 19.2 Å². The number of nitrogens with zero attached hydrogens (tertiary/aromatic N) is 5. The number of fused-ring (bicyclic) bond motifs is 1. The van der Waals surface area contributed by atoms with Crippen LogP contribution in [0.4, 0.5) is 14.6 Å². The molecule has 1 fully saturated rings. The zero-order chi connectivity index (χ0) is 19.7. The first-order valence-electron chi connectivity index (χ1n) is 8.72. The van der Waals surface area contributed by atoms with Crippen LogP contribution in [-0.2, 0) is 4.74 Å². The summed E-state index contributed by atoms with van der Waals surface area (Å²) in [6, 6.07) is 6.89. The maximum absolute atomic E-state index is 13.8. The van der Waals surface area contributed by atoms with Crippen LogP contribution in [0.1, 0.15) is 12.2 Å². The molecule has 4 rings (SSSR count). The van der Waals surface area contributed by atoms with Gasteiger partial charge in [-0.05, 0) is 18.4 Å². The highest BCUT2D eigenvalue weighted by Gasteiger charge is 2.24. The minimum atomic E-state index is -2.77. The number of rotatable bonds is 5. The van der Waals surface area contributed by atoms with Crippen LogP contribution in [0.15, 0.2) is 29.4 Å². The molecule has 0 atom stereocenters. The number of hydrogen-bond acceptors (Lipinski definition) is 7. The van der Waals surface area contributed by atoms with Crippen molar-refractivity contribution in [1.82, 2.24) is 19.5 Å². The van der Waals surface area contributed by atoms with Crippen LogP contribution in [0, 0.1) is 0 Å². The molecular weight excluding hydrogens is 388 g/mol. The highest BCUT2D eigenvalue weighted by atomic mass is 32.2. The van der Waals surface area contributed by atoms with Crippen LogP contribution >= 0.6 is 11.8 Å². The molecule has 3 heterocycles. The van der Waals surface area contributed by atoms with E-state index in [2.05, 4.69) is 19.9 Å². The van der Waals surface area contributed by atoms with E-state index in [0.717, 1.165) is 0 Å². The lowest BCUT2D eigenvalue weighted by Crippen LogP contribution is -2.37. The van der Waals surface area contributed by atoms with Gasteiger partial charge in [-0.15, -0.1) is 0 Å². The molecule has 7 nitrogen and oxygen atoms in total. The number of ether oxygens (including phenoxy) is 2. The van der Waals surface area contributed by atoms with Gasteiger partial charge >= 0.3 is 0 Å². The third kappa shape index (κ3) is 3.37. The van der Waals surface area contributed by atoms with Crippen molar-refractivity contribution in [1.29, 1.82) is 0 Å². The Hall–Kier alpha value is -2.46. The van der Waals surface area contributed by atoms with Crippen LogP contribution in [0.5, 0.6) is 5.75 Å². The topological polar surface area (TPSA) is 65.3 Å². The molecule has 0 radical (unpaired) electrons. The van der Waals surface area contributed by atoms with E-state index in [4.69, 9.17) is 9.47 Å². The molecule has 2 aromatic heterocycles. The summed E-state index contributed by atoms with van der Waals surface area (Å²) >= 11 is 1.36. The lowest BCUT2D eigenvalue weighted by Gasteiger charge is -2.28. The second kappa shape index (κ2) is 7.88.